The predicted octanol–water partition coefficient (Wildman–Crippen LogP) is 1.12. The molecule has 0 bridgehead atoms. The maximum Gasteiger partial charge on any atom is 0.334 e. The third-order valence-electron chi connectivity index (χ3n) is 3.02. The first kappa shape index (κ1) is 15.6. The van der Waals surface area contributed by atoms with Crippen LogP contribution in [0.1, 0.15) is 10.4 Å². The fourth-order valence-corrected chi connectivity index (χ4v) is 2.51. The molecule has 1 aliphatic heterocycles. The summed E-state index contributed by atoms with van der Waals surface area (Å²) in [7, 11) is 0. The van der Waals surface area contributed by atoms with E-state index < -0.39 is 22.9 Å². The number of nitrogens with zero attached hydrogens (tertiary/aromatic N) is 2. The summed E-state index contributed by atoms with van der Waals surface area (Å²) in [6.45, 7) is 0.294. The van der Waals surface area contributed by atoms with Gasteiger partial charge in [-0.1, -0.05) is 0 Å². The fraction of sp³-hybridized carbons (Fsp3) is 0.333. The van der Waals surface area contributed by atoms with Crippen LogP contribution in [-0.4, -0.2) is 52.6 Å². The van der Waals surface area contributed by atoms with Gasteiger partial charge in [-0.2, -0.15) is 0 Å². The van der Waals surface area contributed by atoms with Crippen LogP contribution in [-0.2, 0) is 9.53 Å². The largest absolute Gasteiger partial charge is 0.479 e. The summed E-state index contributed by atoms with van der Waals surface area (Å²) >= 11 is 1.91. The maximum atomic E-state index is 12.4. The number of carbonyl (C=O) groups is 2. The number of benzene rings is 1. The first-order valence-corrected chi connectivity index (χ1v) is 7.05. The molecule has 1 heterocycles. The van der Waals surface area contributed by atoms with Crippen molar-refractivity contribution in [1.29, 1.82) is 0 Å². The zero-order valence-corrected chi connectivity index (χ0v) is 12.8. The number of non-ortho nitro benzene ring substituents is 1. The fourth-order valence-electron chi connectivity index (χ4n) is 1.94. The Morgan fingerprint density at radius 1 is 1.48 bits per heavy atom. The molecule has 1 aliphatic rings. The van der Waals surface area contributed by atoms with Gasteiger partial charge in [-0.05, 0) is 28.7 Å². The van der Waals surface area contributed by atoms with Crippen molar-refractivity contribution >= 4 is 40.2 Å². The average molecular weight is 406 g/mol. The highest BCUT2D eigenvalue weighted by Gasteiger charge is 2.30. The van der Waals surface area contributed by atoms with Crippen LogP contribution >= 0.6 is 22.6 Å². The van der Waals surface area contributed by atoms with Crippen molar-refractivity contribution < 1.29 is 24.4 Å². The van der Waals surface area contributed by atoms with E-state index in [9.17, 15) is 19.7 Å². The van der Waals surface area contributed by atoms with E-state index in [4.69, 9.17) is 9.84 Å². The quantitative estimate of drug-likeness (QED) is 0.458. The Bertz CT molecular complexity index is 605. The Balaban J connectivity index is 2.25. The number of ether oxygens (including phenoxy) is 1. The number of morpholine rings is 1. The highest BCUT2D eigenvalue weighted by atomic mass is 127. The minimum Gasteiger partial charge on any atom is -0.479 e. The number of nitro groups is 1. The molecule has 1 amide bonds. The first-order chi connectivity index (χ1) is 9.90. The number of aliphatic carboxylic acids is 1. The molecule has 0 radical (unpaired) electrons. The van der Waals surface area contributed by atoms with Gasteiger partial charge in [0.2, 0.25) is 0 Å². The number of carbonyl (C=O) groups excluding carboxylic acids is 1. The first-order valence-electron chi connectivity index (χ1n) is 5.97. The van der Waals surface area contributed by atoms with Crippen LogP contribution in [0.5, 0.6) is 0 Å². The van der Waals surface area contributed by atoms with Crippen molar-refractivity contribution in [1.82, 2.24) is 4.90 Å². The lowest BCUT2D eigenvalue weighted by atomic mass is 10.1. The minimum absolute atomic E-state index is 0.0764. The Morgan fingerprint density at radius 2 is 2.19 bits per heavy atom. The molecular weight excluding hydrogens is 395 g/mol. The minimum atomic E-state index is -1.14. The highest BCUT2D eigenvalue weighted by Crippen LogP contribution is 2.22. The maximum absolute atomic E-state index is 12.4. The zero-order valence-electron chi connectivity index (χ0n) is 10.7. The molecule has 1 unspecified atom stereocenters. The number of amides is 1. The summed E-state index contributed by atoms with van der Waals surface area (Å²) in [6.07, 6.45) is -1.07. The Morgan fingerprint density at radius 3 is 2.81 bits per heavy atom. The van der Waals surface area contributed by atoms with Crippen LogP contribution in [0.2, 0.25) is 0 Å². The normalized spacial score (nSPS) is 18.3. The summed E-state index contributed by atoms with van der Waals surface area (Å²) in [5.74, 6) is -1.57. The van der Waals surface area contributed by atoms with Crippen LogP contribution in [0.3, 0.4) is 0 Å². The molecule has 0 saturated carbocycles. The number of halogens is 1. The van der Waals surface area contributed by atoms with Crippen molar-refractivity contribution in [2.45, 2.75) is 6.10 Å². The van der Waals surface area contributed by atoms with E-state index in [2.05, 4.69) is 0 Å². The third kappa shape index (κ3) is 3.47. The molecule has 1 saturated heterocycles. The summed E-state index contributed by atoms with van der Waals surface area (Å²) in [4.78, 5) is 34.9. The molecule has 2 rings (SSSR count). The van der Waals surface area contributed by atoms with E-state index in [1.165, 1.54) is 23.1 Å². The van der Waals surface area contributed by atoms with Crippen molar-refractivity contribution in [3.63, 3.8) is 0 Å². The van der Waals surface area contributed by atoms with Crippen molar-refractivity contribution in [3.8, 4) is 0 Å². The van der Waals surface area contributed by atoms with E-state index in [1.807, 2.05) is 22.6 Å². The smallest absolute Gasteiger partial charge is 0.334 e. The molecule has 1 fully saturated rings. The van der Waals surface area contributed by atoms with E-state index in [1.54, 1.807) is 0 Å². The monoisotopic (exact) mass is 406 g/mol. The SMILES string of the molecule is O=C(O)C1CN(C(=O)c2cc([N+](=O)[O-])ccc2I)CCO1. The van der Waals surface area contributed by atoms with Crippen molar-refractivity contribution in [2.24, 2.45) is 0 Å². The van der Waals surface area contributed by atoms with Gasteiger partial charge in [0.05, 0.1) is 23.6 Å². The van der Waals surface area contributed by atoms with Gasteiger partial charge >= 0.3 is 5.97 Å². The molecule has 1 N–H and O–H groups in total. The number of carboxylic acid groups (broad SMARTS) is 1. The van der Waals surface area contributed by atoms with Gasteiger partial charge in [0, 0.05) is 22.2 Å². The summed E-state index contributed by atoms with van der Waals surface area (Å²) in [5.41, 5.74) is 0.0117. The standard InChI is InChI=1S/C12H11IN2O6/c13-9-2-1-7(15(19)20)5-8(9)11(16)14-3-4-21-10(6-14)12(17)18/h1-2,5,10H,3-4,6H2,(H,17,18). The average Bonchev–Trinajstić information content (AvgIpc) is 2.47. The predicted molar refractivity (Wildman–Crippen MR) is 79.1 cm³/mol. The molecular formula is C12H11IN2O6. The number of nitro benzene ring substituents is 1. The third-order valence-corrected chi connectivity index (χ3v) is 3.96. The van der Waals surface area contributed by atoms with Gasteiger partial charge in [-0.3, -0.25) is 14.9 Å². The molecule has 9 heteroatoms. The van der Waals surface area contributed by atoms with Gasteiger partial charge in [-0.25, -0.2) is 4.79 Å². The molecule has 112 valence electrons. The van der Waals surface area contributed by atoms with E-state index in [0.29, 0.717) is 3.57 Å². The Hall–Kier alpha value is -1.75. The second kappa shape index (κ2) is 6.35. The summed E-state index contributed by atoms with van der Waals surface area (Å²) < 4.78 is 5.62. The molecule has 0 aromatic heterocycles. The van der Waals surface area contributed by atoms with Gasteiger partial charge in [0.15, 0.2) is 6.10 Å². The van der Waals surface area contributed by atoms with E-state index in [-0.39, 0.29) is 30.9 Å². The molecule has 21 heavy (non-hydrogen) atoms. The van der Waals surface area contributed by atoms with Crippen LogP contribution in [0.4, 0.5) is 5.69 Å². The van der Waals surface area contributed by atoms with E-state index >= 15 is 0 Å². The van der Waals surface area contributed by atoms with E-state index in [0.717, 1.165) is 0 Å². The lowest BCUT2D eigenvalue weighted by Gasteiger charge is -2.31. The lowest BCUT2D eigenvalue weighted by Crippen LogP contribution is -2.48. The summed E-state index contributed by atoms with van der Waals surface area (Å²) in [5, 5.41) is 19.7. The van der Waals surface area contributed by atoms with Gasteiger partial charge in [0.1, 0.15) is 0 Å². The zero-order chi connectivity index (χ0) is 15.6. The lowest BCUT2D eigenvalue weighted by molar-refractivity contribution is -0.384. The van der Waals surface area contributed by atoms with Crippen molar-refractivity contribution in [3.05, 3.63) is 37.4 Å². The van der Waals surface area contributed by atoms with Crippen molar-refractivity contribution in [2.75, 3.05) is 19.7 Å². The van der Waals surface area contributed by atoms with Gasteiger partial charge in [0.25, 0.3) is 11.6 Å². The second-order valence-corrected chi connectivity index (χ2v) is 5.53. The highest BCUT2D eigenvalue weighted by molar-refractivity contribution is 14.1. The van der Waals surface area contributed by atoms with Gasteiger partial charge in [-0.15, -0.1) is 0 Å². The van der Waals surface area contributed by atoms with Crippen LogP contribution in [0.25, 0.3) is 0 Å². The topological polar surface area (TPSA) is 110 Å². The number of hydrogen-bond acceptors (Lipinski definition) is 5. The molecule has 0 spiro atoms. The number of carboxylic acids is 1. The molecule has 1 atom stereocenters. The Kier molecular flexibility index (Phi) is 4.73. The molecule has 1 aromatic carbocycles. The number of hydrogen-bond donors (Lipinski definition) is 1. The van der Waals surface area contributed by atoms with Crippen LogP contribution < -0.4 is 0 Å². The number of rotatable bonds is 3. The molecule has 8 nitrogen and oxygen atoms in total. The molecule has 0 aliphatic carbocycles. The second-order valence-electron chi connectivity index (χ2n) is 4.37. The molecule has 1 aromatic rings. The Labute approximate surface area is 133 Å². The summed E-state index contributed by atoms with van der Waals surface area (Å²) in [6, 6.07) is 4.01. The van der Waals surface area contributed by atoms with Gasteiger partial charge < -0.3 is 14.7 Å². The van der Waals surface area contributed by atoms with Crippen LogP contribution in [0, 0.1) is 13.7 Å². The van der Waals surface area contributed by atoms with Crippen LogP contribution in [0.15, 0.2) is 18.2 Å².